The standard InChI is InChI=1S/C24H20N4O2S2/c1-3-31-21-11-7-5-9-17(21)23(29)26-22-12-15(2)27-28(22)24-25-18(14-32-24)20-13-16-8-4-6-10-19(16)30-20/h4-14H,3H2,1-2H3,(H,26,29). The summed E-state index contributed by atoms with van der Waals surface area (Å²) in [6.07, 6.45) is 0. The van der Waals surface area contributed by atoms with Crippen LogP contribution in [0.5, 0.6) is 0 Å². The Kier molecular flexibility index (Phi) is 5.55. The number of aryl methyl sites for hydroxylation is 1. The number of rotatable bonds is 6. The van der Waals surface area contributed by atoms with Crippen molar-refractivity contribution in [1.82, 2.24) is 14.8 Å². The first-order valence-corrected chi connectivity index (χ1v) is 12.0. The molecule has 0 bridgehead atoms. The number of thioether (sulfide) groups is 1. The molecule has 0 aliphatic rings. The van der Waals surface area contributed by atoms with Crippen LogP contribution in [0.2, 0.25) is 0 Å². The van der Waals surface area contributed by atoms with Crippen LogP contribution in [0, 0.1) is 6.92 Å². The van der Waals surface area contributed by atoms with E-state index >= 15 is 0 Å². The van der Waals surface area contributed by atoms with Crippen LogP contribution in [0.25, 0.3) is 27.6 Å². The van der Waals surface area contributed by atoms with E-state index < -0.39 is 0 Å². The van der Waals surface area contributed by atoms with E-state index in [2.05, 4.69) is 17.3 Å². The monoisotopic (exact) mass is 460 g/mol. The van der Waals surface area contributed by atoms with Crippen molar-refractivity contribution >= 4 is 45.8 Å². The summed E-state index contributed by atoms with van der Waals surface area (Å²) in [6.45, 7) is 3.96. The van der Waals surface area contributed by atoms with E-state index in [1.54, 1.807) is 16.4 Å². The van der Waals surface area contributed by atoms with Crippen LogP contribution in [0.4, 0.5) is 5.82 Å². The largest absolute Gasteiger partial charge is 0.454 e. The molecule has 0 atom stereocenters. The number of fused-ring (bicyclic) bond motifs is 1. The number of carbonyl (C=O) groups is 1. The molecule has 5 aromatic rings. The molecule has 1 amide bonds. The summed E-state index contributed by atoms with van der Waals surface area (Å²) < 4.78 is 7.61. The van der Waals surface area contributed by atoms with Gasteiger partial charge in [-0.15, -0.1) is 23.1 Å². The molecule has 6 nitrogen and oxygen atoms in total. The maximum atomic E-state index is 13.0. The number of nitrogens with zero attached hydrogens (tertiary/aromatic N) is 3. The average molecular weight is 461 g/mol. The minimum Gasteiger partial charge on any atom is -0.454 e. The van der Waals surface area contributed by atoms with Crippen molar-refractivity contribution in [3.63, 3.8) is 0 Å². The lowest BCUT2D eigenvalue weighted by Gasteiger charge is -2.09. The topological polar surface area (TPSA) is 73.0 Å². The van der Waals surface area contributed by atoms with Crippen molar-refractivity contribution in [2.45, 2.75) is 18.7 Å². The van der Waals surface area contributed by atoms with Crippen LogP contribution in [0.3, 0.4) is 0 Å². The quantitative estimate of drug-likeness (QED) is 0.296. The minimum absolute atomic E-state index is 0.170. The highest BCUT2D eigenvalue weighted by Crippen LogP contribution is 2.31. The second-order valence-electron chi connectivity index (χ2n) is 7.13. The molecule has 160 valence electrons. The van der Waals surface area contributed by atoms with Crippen LogP contribution in [-0.2, 0) is 0 Å². The van der Waals surface area contributed by atoms with Crippen LogP contribution >= 0.6 is 23.1 Å². The van der Waals surface area contributed by atoms with Gasteiger partial charge >= 0.3 is 0 Å². The highest BCUT2D eigenvalue weighted by atomic mass is 32.2. The number of benzene rings is 2. The second-order valence-corrected chi connectivity index (χ2v) is 9.27. The van der Waals surface area contributed by atoms with E-state index in [-0.39, 0.29) is 5.91 Å². The maximum Gasteiger partial charge on any atom is 0.257 e. The zero-order chi connectivity index (χ0) is 22.1. The summed E-state index contributed by atoms with van der Waals surface area (Å²) >= 11 is 3.09. The number of amides is 1. The molecule has 0 aliphatic carbocycles. The molecule has 3 aromatic heterocycles. The number of carbonyl (C=O) groups excluding carboxylic acids is 1. The van der Waals surface area contributed by atoms with Crippen LogP contribution in [0.1, 0.15) is 23.0 Å². The number of furan rings is 1. The fraction of sp³-hybridized carbons (Fsp3) is 0.125. The number of hydrogen-bond donors (Lipinski definition) is 1. The van der Waals surface area contributed by atoms with Crippen LogP contribution in [0.15, 0.2) is 75.4 Å². The van der Waals surface area contributed by atoms with E-state index in [1.807, 2.05) is 73.0 Å². The second kappa shape index (κ2) is 8.64. The maximum absolute atomic E-state index is 13.0. The molecule has 0 saturated carbocycles. The Morgan fingerprint density at radius 2 is 1.97 bits per heavy atom. The first-order chi connectivity index (χ1) is 15.6. The smallest absolute Gasteiger partial charge is 0.257 e. The van der Waals surface area contributed by atoms with Crippen molar-refractivity contribution in [1.29, 1.82) is 0 Å². The lowest BCUT2D eigenvalue weighted by atomic mass is 10.2. The van der Waals surface area contributed by atoms with Crippen molar-refractivity contribution < 1.29 is 9.21 Å². The molecule has 0 fully saturated rings. The van der Waals surface area contributed by atoms with E-state index in [0.717, 1.165) is 33.0 Å². The van der Waals surface area contributed by atoms with Crippen LogP contribution in [-0.4, -0.2) is 26.4 Å². The summed E-state index contributed by atoms with van der Waals surface area (Å²) in [5.74, 6) is 2.00. The van der Waals surface area contributed by atoms with Crippen molar-refractivity contribution in [3.8, 4) is 16.6 Å². The Bertz CT molecular complexity index is 1380. The van der Waals surface area contributed by atoms with Crippen LogP contribution < -0.4 is 5.32 Å². The van der Waals surface area contributed by atoms with Gasteiger partial charge in [-0.05, 0) is 36.9 Å². The molecule has 5 rings (SSSR count). The molecule has 3 heterocycles. The lowest BCUT2D eigenvalue weighted by Crippen LogP contribution is -2.16. The number of aromatic nitrogens is 3. The van der Waals surface area contributed by atoms with Gasteiger partial charge in [-0.2, -0.15) is 9.78 Å². The third-order valence-corrected chi connectivity index (χ3v) is 6.63. The first-order valence-electron chi connectivity index (χ1n) is 10.2. The highest BCUT2D eigenvalue weighted by Gasteiger charge is 2.18. The molecule has 0 spiro atoms. The number of thiazole rings is 1. The van der Waals surface area contributed by atoms with Gasteiger partial charge in [-0.3, -0.25) is 4.79 Å². The predicted octanol–water partition coefficient (Wildman–Crippen LogP) is 6.41. The molecule has 1 N–H and O–H groups in total. The molecule has 32 heavy (non-hydrogen) atoms. The Morgan fingerprint density at radius 1 is 1.16 bits per heavy atom. The zero-order valence-electron chi connectivity index (χ0n) is 17.5. The van der Waals surface area contributed by atoms with Gasteiger partial charge in [0, 0.05) is 21.7 Å². The summed E-state index contributed by atoms with van der Waals surface area (Å²) in [5.41, 5.74) is 2.99. The van der Waals surface area contributed by atoms with Gasteiger partial charge in [0.15, 0.2) is 5.76 Å². The average Bonchev–Trinajstić information content (AvgIpc) is 3.52. The van der Waals surface area contributed by atoms with E-state index in [9.17, 15) is 4.79 Å². The lowest BCUT2D eigenvalue weighted by molar-refractivity contribution is 0.102. The van der Waals surface area contributed by atoms with Crippen molar-refractivity contribution in [3.05, 3.63) is 77.3 Å². The number of hydrogen-bond acceptors (Lipinski definition) is 6. The first kappa shape index (κ1) is 20.5. The molecule has 2 aromatic carbocycles. The van der Waals surface area contributed by atoms with Gasteiger partial charge < -0.3 is 9.73 Å². The molecule has 0 unspecified atom stereocenters. The van der Waals surface area contributed by atoms with Gasteiger partial charge in [0.05, 0.1) is 11.3 Å². The van der Waals surface area contributed by atoms with Gasteiger partial charge in [0.1, 0.15) is 17.1 Å². The Balaban J connectivity index is 1.45. The van der Waals surface area contributed by atoms with E-state index in [0.29, 0.717) is 22.3 Å². The summed E-state index contributed by atoms with van der Waals surface area (Å²) in [4.78, 5) is 18.7. The normalized spacial score (nSPS) is 11.2. The Labute approximate surface area is 193 Å². The third-order valence-electron chi connectivity index (χ3n) is 4.86. The van der Waals surface area contributed by atoms with Gasteiger partial charge in [0.2, 0.25) is 5.13 Å². The van der Waals surface area contributed by atoms with Crippen molar-refractivity contribution in [2.24, 2.45) is 0 Å². The third kappa shape index (κ3) is 3.94. The predicted molar refractivity (Wildman–Crippen MR) is 130 cm³/mol. The summed E-state index contributed by atoms with van der Waals surface area (Å²) in [6, 6.07) is 19.3. The molecule has 0 aliphatic heterocycles. The van der Waals surface area contributed by atoms with E-state index in [4.69, 9.17) is 9.40 Å². The fourth-order valence-corrected chi connectivity index (χ4v) is 5.01. The SMILES string of the molecule is CCSc1ccccc1C(=O)Nc1cc(C)nn1-c1nc(-c2cc3ccccc3o2)cs1. The highest BCUT2D eigenvalue weighted by molar-refractivity contribution is 7.99. The molecular weight excluding hydrogens is 440 g/mol. The van der Waals surface area contributed by atoms with Gasteiger partial charge in [0.25, 0.3) is 5.91 Å². The Morgan fingerprint density at radius 3 is 2.81 bits per heavy atom. The van der Waals surface area contributed by atoms with Crippen molar-refractivity contribution in [2.75, 3.05) is 11.1 Å². The number of anilines is 1. The Hall–Kier alpha value is -3.36. The molecule has 0 radical (unpaired) electrons. The molecule has 8 heteroatoms. The van der Waals surface area contributed by atoms with Gasteiger partial charge in [-0.25, -0.2) is 4.98 Å². The van der Waals surface area contributed by atoms with Gasteiger partial charge in [-0.1, -0.05) is 37.3 Å². The molecule has 0 saturated heterocycles. The zero-order valence-corrected chi connectivity index (χ0v) is 19.2. The minimum atomic E-state index is -0.170. The summed E-state index contributed by atoms with van der Waals surface area (Å²) in [7, 11) is 0. The summed E-state index contributed by atoms with van der Waals surface area (Å²) in [5, 5.41) is 11.2. The number of para-hydroxylation sites is 1. The number of nitrogens with one attached hydrogen (secondary N) is 1. The molecular formula is C24H20N4O2S2. The fourth-order valence-electron chi connectivity index (χ4n) is 3.44. The van der Waals surface area contributed by atoms with E-state index in [1.165, 1.54) is 11.3 Å².